The van der Waals surface area contributed by atoms with Crippen LogP contribution in [-0.2, 0) is 33.0 Å². The molecule has 0 aliphatic heterocycles. The molecule has 20 rings (SSSR count). The van der Waals surface area contributed by atoms with E-state index in [2.05, 4.69) is 111 Å². The van der Waals surface area contributed by atoms with Crippen LogP contribution >= 0.6 is 46.4 Å². The average molecular weight is 1780 g/mol. The molecule has 130 heavy (non-hydrogen) atoms. The molecule has 29 heteroatoms. The van der Waals surface area contributed by atoms with Crippen molar-refractivity contribution >= 4 is 113 Å². The molecular formula is C101H73Cl4N25. The van der Waals surface area contributed by atoms with Crippen LogP contribution < -0.4 is 21.3 Å². The van der Waals surface area contributed by atoms with Crippen molar-refractivity contribution < 1.29 is 0 Å². The van der Waals surface area contributed by atoms with Crippen LogP contribution in [0, 0.1) is 45.3 Å². The lowest BCUT2D eigenvalue weighted by molar-refractivity contribution is 0.912. The number of fused-ring (bicyclic) bond motifs is 4. The molecule has 0 amide bonds. The Bertz CT molecular complexity index is 7390. The van der Waals surface area contributed by atoms with Crippen LogP contribution in [0.2, 0.25) is 20.1 Å². The zero-order chi connectivity index (χ0) is 89.2. The minimum absolute atomic E-state index is 0.221. The fraction of sp³-hybridized carbons (Fsp3) is 0.0693. The summed E-state index contributed by atoms with van der Waals surface area (Å²) in [6.45, 7) is 2.33. The second-order valence-corrected chi connectivity index (χ2v) is 31.4. The first-order chi connectivity index (χ1) is 63.8. The van der Waals surface area contributed by atoms with Gasteiger partial charge < -0.3 is 25.8 Å². The number of nitrogens with zero attached hydrogens (tertiary/aromatic N) is 17. The van der Waals surface area contributed by atoms with Gasteiger partial charge in [0.2, 0.25) is 0 Å². The first-order valence-electron chi connectivity index (χ1n) is 41.0. The van der Waals surface area contributed by atoms with Crippen molar-refractivity contribution in [3.8, 4) is 114 Å². The fourth-order valence-corrected chi connectivity index (χ4v) is 15.8. The van der Waals surface area contributed by atoms with Crippen molar-refractivity contribution in [2.75, 3.05) is 34.4 Å². The van der Waals surface area contributed by atoms with Crippen LogP contribution in [0.4, 0.5) is 23.3 Å². The second kappa shape index (κ2) is 40.0. The van der Waals surface area contributed by atoms with Gasteiger partial charge in [0.05, 0.1) is 112 Å². The van der Waals surface area contributed by atoms with E-state index < -0.39 is 0 Å². The molecule has 0 aliphatic carbocycles. The molecule has 0 fully saturated rings. The van der Waals surface area contributed by atoms with Crippen LogP contribution in [0.5, 0.6) is 0 Å². The summed E-state index contributed by atoms with van der Waals surface area (Å²) in [6, 6.07) is 95.1. The number of nitriles is 4. The molecular weight excluding hydrogens is 1710 g/mol. The monoisotopic (exact) mass is 1780 g/mol. The van der Waals surface area contributed by atoms with E-state index in [1.807, 2.05) is 267 Å². The maximum atomic E-state index is 9.83. The highest BCUT2D eigenvalue weighted by Gasteiger charge is 2.25. The molecule has 0 unspecified atom stereocenters. The van der Waals surface area contributed by atoms with Gasteiger partial charge in [-0.15, -0.1) is 0 Å². The third-order valence-electron chi connectivity index (χ3n) is 21.0. The molecule has 630 valence electrons. The standard InChI is InChI=1S/C26H19ClN6.C25H20ClN7.2C25H17ClN6/c27-21-14-19(13-20-16-30-33-23(20)21)25-24(18-9-5-2-6-10-18)32-26(22(15-28)31-25)29-12-11-17-7-3-1-4-8-17;1-33-10-8-16(15-33)7-9-28-25-21(13-27)30-24(23(31-25)17-5-3-2-4-6-17)18-11-19-14-29-32-22(19)20(26)12-18;2*26-20-12-18(11-19-15-29-32-22(19)20)24-23(17-9-5-2-6-10-17)31-25(21(13-27)30-24)28-14-16-7-3-1-4-8-16/h1-10,13-14,16H,11-12H2,(H,29,32)(H,30,33);2-6,8,10-12,14-15H,7,9H2,1H3,(H,28,31)(H,29,32);2*1-12,15H,14H2,(H,28,31)(H,29,32). The number of anilines is 4. The number of rotatable bonds is 22. The summed E-state index contributed by atoms with van der Waals surface area (Å²) in [4.78, 5) is 38.2. The predicted molar refractivity (Wildman–Crippen MR) is 513 cm³/mol. The number of hydrogen-bond donors (Lipinski definition) is 8. The van der Waals surface area contributed by atoms with E-state index in [1.54, 1.807) is 24.8 Å². The van der Waals surface area contributed by atoms with E-state index in [9.17, 15) is 21.0 Å². The number of H-pyrrole nitrogens is 4. The average Bonchev–Trinajstić information content (AvgIpc) is 1.27. The van der Waals surface area contributed by atoms with Crippen molar-refractivity contribution in [2.24, 2.45) is 7.05 Å². The van der Waals surface area contributed by atoms with Gasteiger partial charge in [0.1, 0.15) is 24.3 Å². The molecule has 11 aromatic carbocycles. The maximum Gasteiger partial charge on any atom is 0.183 e. The Morgan fingerprint density at radius 1 is 0.285 bits per heavy atom. The van der Waals surface area contributed by atoms with Gasteiger partial charge in [-0.2, -0.15) is 41.4 Å². The first kappa shape index (κ1) is 85.4. The lowest BCUT2D eigenvalue weighted by atomic mass is 10.0. The van der Waals surface area contributed by atoms with Gasteiger partial charge in [-0.3, -0.25) is 20.4 Å². The van der Waals surface area contributed by atoms with Crippen LogP contribution in [0.15, 0.2) is 304 Å². The first-order valence-corrected chi connectivity index (χ1v) is 42.5. The zero-order valence-electron chi connectivity index (χ0n) is 69.2. The van der Waals surface area contributed by atoms with Crippen molar-refractivity contribution in [1.29, 1.82) is 21.0 Å². The molecule has 9 aromatic heterocycles. The molecule has 0 radical (unpaired) electrons. The Hall–Kier alpha value is -16.8. The van der Waals surface area contributed by atoms with Crippen LogP contribution in [0.1, 0.15) is 45.0 Å². The van der Waals surface area contributed by atoms with E-state index in [-0.39, 0.29) is 22.8 Å². The Kier molecular flexibility index (Phi) is 26.3. The quantitative estimate of drug-likeness (QED) is 0.0312. The molecule has 0 atom stereocenters. The number of nitrogens with one attached hydrogen (secondary N) is 8. The molecule has 0 saturated heterocycles. The Balaban J connectivity index is 0.000000121. The third kappa shape index (κ3) is 19.7. The van der Waals surface area contributed by atoms with Crippen LogP contribution in [-0.4, -0.2) is 98.3 Å². The summed E-state index contributed by atoms with van der Waals surface area (Å²) in [5.41, 5.74) is 20.2. The number of aromatic nitrogens is 17. The van der Waals surface area contributed by atoms with E-state index in [4.69, 9.17) is 86.3 Å². The normalized spacial score (nSPS) is 10.8. The molecule has 0 bridgehead atoms. The minimum Gasteiger partial charge on any atom is -0.367 e. The number of aryl methyl sites for hydroxylation is 1. The van der Waals surface area contributed by atoms with E-state index >= 15 is 0 Å². The maximum absolute atomic E-state index is 9.83. The Morgan fingerprint density at radius 2 is 0.531 bits per heavy atom. The van der Waals surface area contributed by atoms with E-state index in [1.165, 1.54) is 11.1 Å². The summed E-state index contributed by atoms with van der Waals surface area (Å²) < 4.78 is 2.01. The smallest absolute Gasteiger partial charge is 0.183 e. The van der Waals surface area contributed by atoms with Crippen LogP contribution in [0.3, 0.4) is 0 Å². The van der Waals surface area contributed by atoms with Gasteiger partial charge in [-0.1, -0.05) is 259 Å². The van der Waals surface area contributed by atoms with Gasteiger partial charge in [-0.25, -0.2) is 39.9 Å². The van der Waals surface area contributed by atoms with Crippen LogP contribution in [0.25, 0.3) is 134 Å². The zero-order valence-corrected chi connectivity index (χ0v) is 72.2. The Labute approximate surface area is 765 Å². The summed E-state index contributed by atoms with van der Waals surface area (Å²) >= 11 is 25.9. The number of benzene rings is 11. The molecule has 9 heterocycles. The molecule has 0 spiro atoms. The molecule has 25 nitrogen and oxygen atoms in total. The lowest BCUT2D eigenvalue weighted by Gasteiger charge is -2.14. The summed E-state index contributed by atoms with van der Waals surface area (Å²) in [7, 11) is 1.99. The Morgan fingerprint density at radius 3 is 0.792 bits per heavy atom. The highest BCUT2D eigenvalue weighted by atomic mass is 35.5. The summed E-state index contributed by atoms with van der Waals surface area (Å²) in [6.07, 6.45) is 12.6. The molecule has 20 aromatic rings. The topological polar surface area (TPSA) is 366 Å². The van der Waals surface area contributed by atoms with Crippen molar-refractivity contribution in [2.45, 2.75) is 25.9 Å². The van der Waals surface area contributed by atoms with Crippen molar-refractivity contribution in [3.05, 3.63) is 369 Å². The SMILES string of the molecule is Cn1ccc(CCNc2nc(-c3ccccc3)c(-c3cc(Cl)c4[nH]ncc4c3)nc2C#N)c1.N#Cc1nc(-c2cc(Cl)c3[nH]ncc3c2)c(-c2ccccc2)nc1NCCc1ccccc1.N#Cc1nc(-c2cc(Cl)c3[nH]ncc3c2)c(-c2ccccc2)nc1NCc1ccccc1.N#Cc1nc(-c2cc(Cl)c3[nH]ncc3c2)c(-c2ccccc2)nc1NCc1ccccc1. The van der Waals surface area contributed by atoms with Gasteiger partial charge >= 0.3 is 0 Å². The highest BCUT2D eigenvalue weighted by molar-refractivity contribution is 6.37. The van der Waals surface area contributed by atoms with E-state index in [0.717, 1.165) is 112 Å². The van der Waals surface area contributed by atoms with Gasteiger partial charge in [0, 0.05) is 112 Å². The second-order valence-electron chi connectivity index (χ2n) is 29.8. The van der Waals surface area contributed by atoms with E-state index in [0.29, 0.717) is 115 Å². The summed E-state index contributed by atoms with van der Waals surface area (Å²) in [5.74, 6) is 1.81. The van der Waals surface area contributed by atoms with Gasteiger partial charge in [0.25, 0.3) is 0 Å². The minimum atomic E-state index is 0.221. The molecule has 8 N–H and O–H groups in total. The fourth-order valence-electron chi connectivity index (χ4n) is 14.7. The number of aromatic amines is 4. The molecule has 0 saturated carbocycles. The highest BCUT2D eigenvalue weighted by Crippen LogP contribution is 2.41. The van der Waals surface area contributed by atoms with Gasteiger partial charge in [0.15, 0.2) is 46.0 Å². The molecule has 0 aliphatic rings. The number of hydrogen-bond acceptors (Lipinski definition) is 20. The lowest BCUT2D eigenvalue weighted by Crippen LogP contribution is -2.10. The summed E-state index contributed by atoms with van der Waals surface area (Å²) in [5, 5.41) is 85.9. The number of halogens is 4. The van der Waals surface area contributed by atoms with Gasteiger partial charge in [-0.05, 0) is 89.7 Å². The third-order valence-corrected chi connectivity index (χ3v) is 22.2. The largest absolute Gasteiger partial charge is 0.367 e. The predicted octanol–water partition coefficient (Wildman–Crippen LogP) is 22.7. The van der Waals surface area contributed by atoms with Crippen molar-refractivity contribution in [3.63, 3.8) is 0 Å². The van der Waals surface area contributed by atoms with Crippen molar-refractivity contribution in [1.82, 2.24) is 85.2 Å².